The van der Waals surface area contributed by atoms with Gasteiger partial charge >= 0.3 is 0 Å². The van der Waals surface area contributed by atoms with Gasteiger partial charge in [0.05, 0.1) is 20.9 Å². The van der Waals surface area contributed by atoms with Gasteiger partial charge in [-0.1, -0.05) is 30.7 Å². The van der Waals surface area contributed by atoms with Gasteiger partial charge in [-0.15, -0.1) is 0 Å². The van der Waals surface area contributed by atoms with Gasteiger partial charge in [0.25, 0.3) is 0 Å². The van der Waals surface area contributed by atoms with Gasteiger partial charge in [0.15, 0.2) is 0 Å². The minimum Gasteiger partial charge on any atom is -0.313 e. The van der Waals surface area contributed by atoms with Crippen molar-refractivity contribution in [1.29, 1.82) is 0 Å². The summed E-state index contributed by atoms with van der Waals surface area (Å²) in [5.74, 6) is -0.396. The zero-order valence-corrected chi connectivity index (χ0v) is 14.6. The molecule has 0 amide bonds. The molecular formula is C15H18BrClFN3. The van der Waals surface area contributed by atoms with E-state index in [4.69, 9.17) is 11.6 Å². The minimum atomic E-state index is -0.396. The van der Waals surface area contributed by atoms with E-state index in [1.54, 1.807) is 6.07 Å². The molecule has 1 aromatic carbocycles. The van der Waals surface area contributed by atoms with Crippen molar-refractivity contribution in [3.63, 3.8) is 0 Å². The van der Waals surface area contributed by atoms with Crippen molar-refractivity contribution < 1.29 is 4.39 Å². The molecule has 1 atom stereocenters. The molecule has 114 valence electrons. The van der Waals surface area contributed by atoms with Gasteiger partial charge in [0.2, 0.25) is 0 Å². The zero-order valence-electron chi connectivity index (χ0n) is 12.3. The molecule has 0 radical (unpaired) electrons. The van der Waals surface area contributed by atoms with Crippen molar-refractivity contribution in [2.45, 2.75) is 25.8 Å². The number of nitrogens with zero attached hydrogens (tertiary/aromatic N) is 2. The molecule has 1 unspecified atom stereocenters. The number of nitrogens with one attached hydrogen (secondary N) is 1. The Morgan fingerprint density at radius 3 is 2.76 bits per heavy atom. The Balaban J connectivity index is 2.36. The van der Waals surface area contributed by atoms with Crippen LogP contribution in [0.15, 0.2) is 22.7 Å². The summed E-state index contributed by atoms with van der Waals surface area (Å²) >= 11 is 9.70. The van der Waals surface area contributed by atoms with Crippen LogP contribution in [0.1, 0.15) is 29.9 Å². The molecule has 2 rings (SSSR count). The second-order valence-corrected chi connectivity index (χ2v) is 6.04. The summed E-state index contributed by atoms with van der Waals surface area (Å²) < 4.78 is 16.5. The molecule has 6 heteroatoms. The average molecular weight is 375 g/mol. The minimum absolute atomic E-state index is 0.0791. The molecule has 2 aromatic rings. The number of hydrogen-bond acceptors (Lipinski definition) is 2. The number of halogens is 3. The predicted molar refractivity (Wildman–Crippen MR) is 87.2 cm³/mol. The highest BCUT2D eigenvalue weighted by Crippen LogP contribution is 2.30. The molecule has 0 aliphatic heterocycles. The molecule has 0 bridgehead atoms. The van der Waals surface area contributed by atoms with E-state index in [2.05, 4.69) is 33.3 Å². The summed E-state index contributed by atoms with van der Waals surface area (Å²) in [6.07, 6.45) is 1.53. The monoisotopic (exact) mass is 373 g/mol. The number of rotatable bonds is 5. The van der Waals surface area contributed by atoms with Gasteiger partial charge in [-0.3, -0.25) is 4.68 Å². The van der Waals surface area contributed by atoms with Crippen LogP contribution in [-0.4, -0.2) is 16.8 Å². The number of hydrogen-bond donors (Lipinski definition) is 1. The van der Waals surface area contributed by atoms with Crippen molar-refractivity contribution in [1.82, 2.24) is 15.1 Å². The zero-order chi connectivity index (χ0) is 15.6. The summed E-state index contributed by atoms with van der Waals surface area (Å²) in [7, 11) is 3.76. The van der Waals surface area contributed by atoms with Crippen LogP contribution >= 0.6 is 27.5 Å². The van der Waals surface area contributed by atoms with E-state index < -0.39 is 5.82 Å². The lowest BCUT2D eigenvalue weighted by molar-refractivity contribution is 0.553. The SMILES string of the molecule is CCc1nn(C)c(CC(NC)c2cccc(F)c2Cl)c1Br. The summed E-state index contributed by atoms with van der Waals surface area (Å²) in [4.78, 5) is 0. The first-order valence-electron chi connectivity index (χ1n) is 6.81. The summed E-state index contributed by atoms with van der Waals surface area (Å²) in [5, 5.41) is 7.86. The molecule has 0 aliphatic rings. The molecule has 0 saturated heterocycles. The molecule has 0 saturated carbocycles. The quantitative estimate of drug-likeness (QED) is 0.856. The predicted octanol–water partition coefficient (Wildman–Crippen LogP) is 4.04. The van der Waals surface area contributed by atoms with E-state index in [1.165, 1.54) is 6.07 Å². The van der Waals surface area contributed by atoms with Crippen molar-refractivity contribution in [3.05, 3.63) is 50.5 Å². The summed E-state index contributed by atoms with van der Waals surface area (Å²) in [6, 6.07) is 4.81. The Morgan fingerprint density at radius 1 is 1.48 bits per heavy atom. The van der Waals surface area contributed by atoms with Crippen LogP contribution in [0.3, 0.4) is 0 Å². The fourth-order valence-electron chi connectivity index (χ4n) is 2.39. The Labute approximate surface area is 137 Å². The van der Waals surface area contributed by atoms with E-state index in [9.17, 15) is 4.39 Å². The van der Waals surface area contributed by atoms with Crippen LogP contribution in [0.4, 0.5) is 4.39 Å². The second kappa shape index (κ2) is 6.90. The van der Waals surface area contributed by atoms with Gasteiger partial charge in [0.1, 0.15) is 5.82 Å². The van der Waals surface area contributed by atoms with Gasteiger partial charge in [-0.05, 0) is 41.0 Å². The fraction of sp³-hybridized carbons (Fsp3) is 0.400. The van der Waals surface area contributed by atoms with Gasteiger partial charge in [0, 0.05) is 19.5 Å². The van der Waals surface area contributed by atoms with Gasteiger partial charge in [-0.25, -0.2) is 4.39 Å². The molecule has 0 spiro atoms. The summed E-state index contributed by atoms with van der Waals surface area (Å²) in [6.45, 7) is 2.07. The van der Waals surface area contributed by atoms with Crippen LogP contribution in [0, 0.1) is 5.82 Å². The third kappa shape index (κ3) is 3.30. The maximum absolute atomic E-state index is 13.6. The molecule has 0 fully saturated rings. The Hall–Kier alpha value is -0.910. The van der Waals surface area contributed by atoms with Crippen molar-refractivity contribution >= 4 is 27.5 Å². The lowest BCUT2D eigenvalue weighted by Crippen LogP contribution is -2.21. The van der Waals surface area contributed by atoms with E-state index in [-0.39, 0.29) is 11.1 Å². The third-order valence-corrected chi connectivity index (χ3v) is 4.92. The second-order valence-electron chi connectivity index (χ2n) is 4.87. The molecule has 1 aromatic heterocycles. The van der Waals surface area contributed by atoms with E-state index >= 15 is 0 Å². The first-order chi connectivity index (χ1) is 9.99. The molecule has 21 heavy (non-hydrogen) atoms. The molecular weight excluding hydrogens is 357 g/mol. The van der Waals surface area contributed by atoms with Crippen molar-refractivity contribution in [3.8, 4) is 0 Å². The lowest BCUT2D eigenvalue weighted by Gasteiger charge is -2.18. The average Bonchev–Trinajstić information content (AvgIpc) is 2.74. The first kappa shape index (κ1) is 16.5. The number of likely N-dealkylation sites (N-methyl/N-ethyl adjacent to an activating group) is 1. The van der Waals surface area contributed by atoms with Crippen LogP contribution in [-0.2, 0) is 19.9 Å². The van der Waals surface area contributed by atoms with Crippen molar-refractivity contribution in [2.75, 3.05) is 7.05 Å². The van der Waals surface area contributed by atoms with Gasteiger partial charge in [-0.2, -0.15) is 5.10 Å². The fourth-order valence-corrected chi connectivity index (χ4v) is 3.43. The smallest absolute Gasteiger partial charge is 0.142 e. The first-order valence-corrected chi connectivity index (χ1v) is 7.98. The number of benzene rings is 1. The van der Waals surface area contributed by atoms with Crippen LogP contribution < -0.4 is 5.32 Å². The lowest BCUT2D eigenvalue weighted by atomic mass is 10.0. The molecule has 1 N–H and O–H groups in total. The van der Waals surface area contributed by atoms with Crippen LogP contribution in [0.5, 0.6) is 0 Å². The van der Waals surface area contributed by atoms with E-state index in [1.807, 2.05) is 24.8 Å². The maximum Gasteiger partial charge on any atom is 0.142 e. The summed E-state index contributed by atoms with van der Waals surface area (Å²) in [5.41, 5.74) is 2.84. The highest BCUT2D eigenvalue weighted by Gasteiger charge is 2.20. The number of aromatic nitrogens is 2. The topological polar surface area (TPSA) is 29.9 Å². The molecule has 1 heterocycles. The normalized spacial score (nSPS) is 12.7. The van der Waals surface area contributed by atoms with E-state index in [0.717, 1.165) is 27.8 Å². The third-order valence-electron chi connectivity index (χ3n) is 3.61. The standard InChI is InChI=1S/C15H18BrClFN3/c1-4-11-14(16)13(21(3)20-11)8-12(19-2)9-6-5-7-10(18)15(9)17/h5-7,12,19H,4,8H2,1-3H3. The largest absolute Gasteiger partial charge is 0.313 e. The van der Waals surface area contributed by atoms with Crippen LogP contribution in [0.25, 0.3) is 0 Å². The molecule has 3 nitrogen and oxygen atoms in total. The highest BCUT2D eigenvalue weighted by atomic mass is 79.9. The Morgan fingerprint density at radius 2 is 2.19 bits per heavy atom. The Kier molecular flexibility index (Phi) is 5.41. The van der Waals surface area contributed by atoms with Gasteiger partial charge < -0.3 is 5.32 Å². The van der Waals surface area contributed by atoms with Crippen molar-refractivity contribution in [2.24, 2.45) is 7.05 Å². The van der Waals surface area contributed by atoms with E-state index in [0.29, 0.717) is 6.42 Å². The Bertz CT molecular complexity index is 642. The number of aryl methyl sites for hydroxylation is 2. The maximum atomic E-state index is 13.6. The van der Waals surface area contributed by atoms with Crippen LogP contribution in [0.2, 0.25) is 5.02 Å². The molecule has 0 aliphatic carbocycles. The highest BCUT2D eigenvalue weighted by molar-refractivity contribution is 9.10.